The molecule has 17 heavy (non-hydrogen) atoms. The van der Waals surface area contributed by atoms with Gasteiger partial charge in [-0.1, -0.05) is 17.7 Å². The van der Waals surface area contributed by atoms with Gasteiger partial charge < -0.3 is 5.32 Å². The van der Waals surface area contributed by atoms with E-state index in [0.29, 0.717) is 6.04 Å². The van der Waals surface area contributed by atoms with E-state index in [1.54, 1.807) is 11.3 Å². The molecule has 1 unspecified atom stereocenters. The maximum atomic E-state index is 3.43. The molecule has 0 aliphatic rings. The molecule has 0 saturated heterocycles. The minimum Gasteiger partial charge on any atom is -0.309 e. The zero-order valence-electron chi connectivity index (χ0n) is 10.9. The summed E-state index contributed by atoms with van der Waals surface area (Å²) in [6.45, 7) is 6.56. The van der Waals surface area contributed by atoms with Crippen LogP contribution in [-0.4, -0.2) is 7.05 Å². The number of hydrogen-bond acceptors (Lipinski definition) is 2. The number of aryl methyl sites for hydroxylation is 3. The molecule has 1 atom stereocenters. The van der Waals surface area contributed by atoms with Gasteiger partial charge in [-0.05, 0) is 66.9 Å². The third-order valence-electron chi connectivity index (χ3n) is 3.19. The van der Waals surface area contributed by atoms with E-state index in [4.69, 9.17) is 0 Å². The second-order valence-corrected chi connectivity index (χ2v) is 5.37. The number of thiophene rings is 1. The minimum atomic E-state index is 0.307. The maximum Gasteiger partial charge on any atom is 0.0587 e. The second-order valence-electron chi connectivity index (χ2n) is 4.59. The highest BCUT2D eigenvalue weighted by Crippen LogP contribution is 2.29. The molecular formula is C15H19NS. The quantitative estimate of drug-likeness (QED) is 0.862. The van der Waals surface area contributed by atoms with Crippen molar-refractivity contribution < 1.29 is 0 Å². The van der Waals surface area contributed by atoms with E-state index in [1.165, 1.54) is 27.8 Å². The summed E-state index contributed by atoms with van der Waals surface area (Å²) in [6.07, 6.45) is 0. The Morgan fingerprint density at radius 1 is 1.12 bits per heavy atom. The van der Waals surface area contributed by atoms with Gasteiger partial charge >= 0.3 is 0 Å². The summed E-state index contributed by atoms with van der Waals surface area (Å²) in [6, 6.07) is 7.03. The summed E-state index contributed by atoms with van der Waals surface area (Å²) in [5.41, 5.74) is 6.84. The van der Waals surface area contributed by atoms with Gasteiger partial charge in [0.15, 0.2) is 0 Å². The van der Waals surface area contributed by atoms with Gasteiger partial charge in [0.25, 0.3) is 0 Å². The molecule has 0 aliphatic carbocycles. The molecule has 1 N–H and O–H groups in total. The predicted octanol–water partition coefficient (Wildman–Crippen LogP) is 3.98. The third kappa shape index (κ3) is 2.43. The summed E-state index contributed by atoms with van der Waals surface area (Å²) in [5.74, 6) is 0. The summed E-state index contributed by atoms with van der Waals surface area (Å²) >= 11 is 1.75. The largest absolute Gasteiger partial charge is 0.309 e. The molecule has 0 aliphatic heterocycles. The van der Waals surface area contributed by atoms with Crippen LogP contribution in [0, 0.1) is 20.8 Å². The molecule has 1 nitrogen and oxygen atoms in total. The molecule has 0 spiro atoms. The molecule has 0 bridgehead atoms. The van der Waals surface area contributed by atoms with Crippen LogP contribution in [-0.2, 0) is 0 Å². The van der Waals surface area contributed by atoms with Crippen LogP contribution < -0.4 is 5.32 Å². The summed E-state index contributed by atoms with van der Waals surface area (Å²) in [7, 11) is 2.03. The normalized spacial score (nSPS) is 12.7. The zero-order valence-corrected chi connectivity index (χ0v) is 11.7. The fraction of sp³-hybridized carbons (Fsp3) is 0.333. The SMILES string of the molecule is CNC(c1ccsc1)c1c(C)cc(C)cc1C. The van der Waals surface area contributed by atoms with E-state index in [2.05, 4.69) is 55.0 Å². The first-order chi connectivity index (χ1) is 8.13. The van der Waals surface area contributed by atoms with Crippen LogP contribution in [0.4, 0.5) is 0 Å². The average Bonchev–Trinajstić information content (AvgIpc) is 2.76. The molecule has 90 valence electrons. The van der Waals surface area contributed by atoms with Crippen molar-refractivity contribution in [3.63, 3.8) is 0 Å². The molecule has 2 aromatic rings. The van der Waals surface area contributed by atoms with Crippen molar-refractivity contribution in [2.24, 2.45) is 0 Å². The van der Waals surface area contributed by atoms with E-state index < -0.39 is 0 Å². The third-order valence-corrected chi connectivity index (χ3v) is 3.89. The number of nitrogens with one attached hydrogen (secondary N) is 1. The van der Waals surface area contributed by atoms with Crippen LogP contribution in [0.2, 0.25) is 0 Å². The Morgan fingerprint density at radius 2 is 1.76 bits per heavy atom. The molecule has 0 amide bonds. The standard InChI is InChI=1S/C15H19NS/c1-10-7-11(2)14(12(3)8-10)15(16-4)13-5-6-17-9-13/h5-9,15-16H,1-4H3. The van der Waals surface area contributed by atoms with Gasteiger partial charge in [0, 0.05) is 0 Å². The van der Waals surface area contributed by atoms with Crippen LogP contribution in [0.25, 0.3) is 0 Å². The van der Waals surface area contributed by atoms with Crippen molar-refractivity contribution in [3.05, 3.63) is 56.8 Å². The van der Waals surface area contributed by atoms with E-state index >= 15 is 0 Å². The summed E-state index contributed by atoms with van der Waals surface area (Å²) in [5, 5.41) is 7.79. The van der Waals surface area contributed by atoms with Crippen molar-refractivity contribution in [2.75, 3.05) is 7.05 Å². The maximum absolute atomic E-state index is 3.43. The average molecular weight is 245 g/mol. The Kier molecular flexibility index (Phi) is 3.65. The lowest BCUT2D eigenvalue weighted by atomic mass is 9.91. The monoisotopic (exact) mass is 245 g/mol. The van der Waals surface area contributed by atoms with Crippen molar-refractivity contribution in [3.8, 4) is 0 Å². The van der Waals surface area contributed by atoms with E-state index in [1.807, 2.05) is 7.05 Å². The van der Waals surface area contributed by atoms with Crippen molar-refractivity contribution in [2.45, 2.75) is 26.8 Å². The van der Waals surface area contributed by atoms with Gasteiger partial charge in [-0.15, -0.1) is 0 Å². The molecule has 1 aromatic carbocycles. The Hall–Kier alpha value is -1.12. The summed E-state index contributed by atoms with van der Waals surface area (Å²) in [4.78, 5) is 0. The van der Waals surface area contributed by atoms with Crippen LogP contribution in [0.1, 0.15) is 33.9 Å². The predicted molar refractivity (Wildman–Crippen MR) is 75.9 cm³/mol. The highest BCUT2D eigenvalue weighted by molar-refractivity contribution is 7.08. The molecule has 0 saturated carbocycles. The first kappa shape index (κ1) is 12.3. The number of rotatable bonds is 3. The Morgan fingerprint density at radius 3 is 2.24 bits per heavy atom. The lowest BCUT2D eigenvalue weighted by molar-refractivity contribution is 0.685. The van der Waals surface area contributed by atoms with Gasteiger partial charge in [0.2, 0.25) is 0 Å². The Balaban J connectivity index is 2.52. The first-order valence-electron chi connectivity index (χ1n) is 5.90. The molecule has 2 rings (SSSR count). The molecule has 0 fully saturated rings. The second kappa shape index (κ2) is 5.03. The Labute approximate surface area is 108 Å². The lowest BCUT2D eigenvalue weighted by Gasteiger charge is -2.21. The van der Waals surface area contributed by atoms with Gasteiger partial charge in [-0.25, -0.2) is 0 Å². The van der Waals surface area contributed by atoms with Crippen LogP contribution in [0.3, 0.4) is 0 Å². The lowest BCUT2D eigenvalue weighted by Crippen LogP contribution is -2.19. The van der Waals surface area contributed by atoms with E-state index in [9.17, 15) is 0 Å². The Bertz CT molecular complexity index is 477. The smallest absolute Gasteiger partial charge is 0.0587 e. The molecular weight excluding hydrogens is 226 g/mol. The van der Waals surface area contributed by atoms with Gasteiger partial charge in [0.1, 0.15) is 0 Å². The molecule has 1 heterocycles. The molecule has 1 aromatic heterocycles. The fourth-order valence-electron chi connectivity index (χ4n) is 2.56. The van der Waals surface area contributed by atoms with Crippen LogP contribution >= 0.6 is 11.3 Å². The molecule has 0 radical (unpaired) electrons. The van der Waals surface area contributed by atoms with Gasteiger partial charge in [-0.2, -0.15) is 11.3 Å². The minimum absolute atomic E-state index is 0.307. The zero-order chi connectivity index (χ0) is 12.4. The fourth-order valence-corrected chi connectivity index (χ4v) is 3.25. The highest BCUT2D eigenvalue weighted by Gasteiger charge is 2.16. The number of benzene rings is 1. The summed E-state index contributed by atoms with van der Waals surface area (Å²) < 4.78 is 0. The highest BCUT2D eigenvalue weighted by atomic mass is 32.1. The first-order valence-corrected chi connectivity index (χ1v) is 6.85. The van der Waals surface area contributed by atoms with Crippen LogP contribution in [0.5, 0.6) is 0 Å². The molecule has 2 heteroatoms. The van der Waals surface area contributed by atoms with Gasteiger partial charge in [0.05, 0.1) is 6.04 Å². The topological polar surface area (TPSA) is 12.0 Å². The van der Waals surface area contributed by atoms with Crippen molar-refractivity contribution >= 4 is 11.3 Å². The van der Waals surface area contributed by atoms with E-state index in [0.717, 1.165) is 0 Å². The van der Waals surface area contributed by atoms with Gasteiger partial charge in [-0.3, -0.25) is 0 Å². The number of hydrogen-bond donors (Lipinski definition) is 1. The van der Waals surface area contributed by atoms with Crippen molar-refractivity contribution in [1.29, 1.82) is 0 Å². The van der Waals surface area contributed by atoms with Crippen LogP contribution in [0.15, 0.2) is 29.0 Å². The van der Waals surface area contributed by atoms with Crippen molar-refractivity contribution in [1.82, 2.24) is 5.32 Å². The van der Waals surface area contributed by atoms with E-state index in [-0.39, 0.29) is 0 Å².